The van der Waals surface area contributed by atoms with Crippen molar-refractivity contribution >= 4 is 15.9 Å². The first kappa shape index (κ1) is 19.0. The minimum absolute atomic E-state index is 0.165. The summed E-state index contributed by atoms with van der Waals surface area (Å²) in [4.78, 5) is 12.2. The lowest BCUT2D eigenvalue weighted by molar-refractivity contribution is -0.128. The number of Topliss-reactive ketones (excluding diaryl/α,β-unsaturated/α-hetero) is 1. The third-order valence-electron chi connectivity index (χ3n) is 2.88. The second-order valence-corrected chi connectivity index (χ2v) is 6.38. The van der Waals surface area contributed by atoms with Gasteiger partial charge in [0.1, 0.15) is 0 Å². The van der Waals surface area contributed by atoms with E-state index in [1.54, 1.807) is 49.4 Å². The topological polar surface area (TPSA) is 112 Å². The number of rotatable bonds is 3. The molecule has 7 heteroatoms. The van der Waals surface area contributed by atoms with E-state index in [-0.39, 0.29) is 5.56 Å². The molecule has 0 saturated carbocycles. The Balaban J connectivity index is 0.000000463. The smallest absolute Gasteiger partial charge is 0.261 e. The van der Waals surface area contributed by atoms with Gasteiger partial charge in [0.25, 0.3) is 15.9 Å². The predicted octanol–water partition coefficient (Wildman–Crippen LogP) is 1.52. The average molecular weight is 338 g/mol. The molecule has 0 saturated heterocycles. The van der Waals surface area contributed by atoms with E-state index >= 15 is 0 Å². The summed E-state index contributed by atoms with van der Waals surface area (Å²) in [6.45, 7) is 1.76. The van der Waals surface area contributed by atoms with E-state index in [9.17, 15) is 23.4 Å². The normalized spacial score (nSPS) is 11.3. The summed E-state index contributed by atoms with van der Waals surface area (Å²) in [7, 11) is -3.67. The van der Waals surface area contributed by atoms with Crippen LogP contribution in [0.3, 0.4) is 0 Å². The van der Waals surface area contributed by atoms with Crippen LogP contribution in [-0.2, 0) is 15.9 Å². The standard InChI is InChI=1S/C15H14O3.CH4O3S/c1-11-7-5-6-10-13(11)14(16)15(17,18)12-8-3-2-4-9-12;1-5(2,3)4/h2-10,17-18H,1H3;1H3,(H,2,3,4). The lowest BCUT2D eigenvalue weighted by atomic mass is 9.94. The van der Waals surface area contributed by atoms with Gasteiger partial charge in [0, 0.05) is 11.1 Å². The number of carbonyl (C=O) groups excluding carboxylic acids is 1. The maximum absolute atomic E-state index is 12.2. The number of ketones is 1. The van der Waals surface area contributed by atoms with Gasteiger partial charge in [-0.3, -0.25) is 9.35 Å². The van der Waals surface area contributed by atoms with E-state index in [0.717, 1.165) is 0 Å². The van der Waals surface area contributed by atoms with Crippen LogP contribution in [0, 0.1) is 6.92 Å². The summed E-state index contributed by atoms with van der Waals surface area (Å²) in [5.41, 5.74) is 1.19. The maximum Gasteiger partial charge on any atom is 0.261 e. The van der Waals surface area contributed by atoms with Crippen molar-refractivity contribution in [2.24, 2.45) is 0 Å². The van der Waals surface area contributed by atoms with Crippen LogP contribution >= 0.6 is 0 Å². The number of benzene rings is 2. The first-order chi connectivity index (χ1) is 10.5. The highest BCUT2D eigenvalue weighted by atomic mass is 32.2. The molecule has 0 aliphatic heterocycles. The Hall–Kier alpha value is -2.06. The number of hydrogen-bond donors (Lipinski definition) is 3. The van der Waals surface area contributed by atoms with Crippen molar-refractivity contribution in [3.05, 3.63) is 71.3 Å². The molecule has 0 aliphatic rings. The van der Waals surface area contributed by atoms with Crippen LogP contribution in [0.5, 0.6) is 0 Å². The van der Waals surface area contributed by atoms with E-state index in [0.29, 0.717) is 17.4 Å². The maximum atomic E-state index is 12.2. The minimum atomic E-state index is -3.67. The molecule has 3 N–H and O–H groups in total. The second kappa shape index (κ2) is 7.47. The van der Waals surface area contributed by atoms with Crippen LogP contribution in [0.1, 0.15) is 21.5 Å². The van der Waals surface area contributed by atoms with Crippen molar-refractivity contribution in [1.29, 1.82) is 0 Å². The van der Waals surface area contributed by atoms with Gasteiger partial charge in [0.05, 0.1) is 6.26 Å². The average Bonchev–Trinajstić information content (AvgIpc) is 2.46. The Morgan fingerprint density at radius 2 is 1.39 bits per heavy atom. The zero-order valence-corrected chi connectivity index (χ0v) is 13.5. The summed E-state index contributed by atoms with van der Waals surface area (Å²) < 4.78 is 25.9. The van der Waals surface area contributed by atoms with Crippen LogP contribution in [-0.4, -0.2) is 35.2 Å². The molecule has 0 heterocycles. The molecule has 2 aromatic rings. The number of carbonyl (C=O) groups is 1. The van der Waals surface area contributed by atoms with Gasteiger partial charge in [-0.2, -0.15) is 8.42 Å². The molecule has 23 heavy (non-hydrogen) atoms. The molecular formula is C16H18O6S. The van der Waals surface area contributed by atoms with Gasteiger partial charge >= 0.3 is 0 Å². The van der Waals surface area contributed by atoms with Gasteiger partial charge in [0.2, 0.25) is 5.78 Å². The minimum Gasteiger partial charge on any atom is -0.356 e. The Labute approximate surface area is 134 Å². The van der Waals surface area contributed by atoms with E-state index in [2.05, 4.69) is 0 Å². The Kier molecular flexibility index (Phi) is 6.17. The van der Waals surface area contributed by atoms with Gasteiger partial charge in [-0.15, -0.1) is 0 Å². The number of aryl methyl sites for hydroxylation is 1. The van der Waals surface area contributed by atoms with Gasteiger partial charge in [-0.1, -0.05) is 54.6 Å². The predicted molar refractivity (Wildman–Crippen MR) is 85.5 cm³/mol. The summed E-state index contributed by atoms with van der Waals surface area (Å²) >= 11 is 0. The molecule has 124 valence electrons. The van der Waals surface area contributed by atoms with Crippen molar-refractivity contribution in [2.75, 3.05) is 6.26 Å². The van der Waals surface area contributed by atoms with Crippen molar-refractivity contribution in [2.45, 2.75) is 12.7 Å². The van der Waals surface area contributed by atoms with Crippen LogP contribution in [0.25, 0.3) is 0 Å². The summed E-state index contributed by atoms with van der Waals surface area (Å²) in [5, 5.41) is 20.1. The summed E-state index contributed by atoms with van der Waals surface area (Å²) in [5.74, 6) is -3.21. The molecule has 0 atom stereocenters. The van der Waals surface area contributed by atoms with Crippen molar-refractivity contribution in [1.82, 2.24) is 0 Å². The van der Waals surface area contributed by atoms with Gasteiger partial charge in [-0.25, -0.2) is 0 Å². The summed E-state index contributed by atoms with van der Waals surface area (Å²) in [6, 6.07) is 14.9. The van der Waals surface area contributed by atoms with Crippen molar-refractivity contribution in [3.8, 4) is 0 Å². The highest BCUT2D eigenvalue weighted by molar-refractivity contribution is 7.85. The Morgan fingerprint density at radius 1 is 0.957 bits per heavy atom. The first-order valence-corrected chi connectivity index (χ1v) is 8.41. The Morgan fingerprint density at radius 3 is 1.87 bits per heavy atom. The van der Waals surface area contributed by atoms with E-state index in [1.165, 1.54) is 12.1 Å². The zero-order valence-electron chi connectivity index (χ0n) is 12.7. The lowest BCUT2D eigenvalue weighted by Gasteiger charge is -2.21. The highest BCUT2D eigenvalue weighted by Gasteiger charge is 2.36. The van der Waals surface area contributed by atoms with Gasteiger partial charge < -0.3 is 10.2 Å². The molecule has 6 nitrogen and oxygen atoms in total. The fraction of sp³-hybridized carbons (Fsp3) is 0.188. The van der Waals surface area contributed by atoms with E-state index < -0.39 is 21.7 Å². The quantitative estimate of drug-likeness (QED) is 0.444. The van der Waals surface area contributed by atoms with Crippen molar-refractivity contribution < 1.29 is 28.0 Å². The number of hydrogen-bond acceptors (Lipinski definition) is 5. The lowest BCUT2D eigenvalue weighted by Crippen LogP contribution is -2.35. The van der Waals surface area contributed by atoms with Gasteiger partial charge in [-0.05, 0) is 12.5 Å². The SMILES string of the molecule is CS(=O)(=O)O.Cc1ccccc1C(=O)C(O)(O)c1ccccc1. The monoisotopic (exact) mass is 338 g/mol. The molecule has 0 aromatic heterocycles. The Bertz CT molecular complexity index is 758. The fourth-order valence-corrected chi connectivity index (χ4v) is 1.82. The van der Waals surface area contributed by atoms with Gasteiger partial charge in [0.15, 0.2) is 0 Å². The highest BCUT2D eigenvalue weighted by Crippen LogP contribution is 2.24. The fourth-order valence-electron chi connectivity index (χ4n) is 1.82. The molecule has 0 radical (unpaired) electrons. The third-order valence-corrected chi connectivity index (χ3v) is 2.88. The van der Waals surface area contributed by atoms with Crippen LogP contribution in [0.15, 0.2) is 54.6 Å². The molecular weight excluding hydrogens is 320 g/mol. The molecule has 0 spiro atoms. The number of aliphatic hydroxyl groups is 2. The third kappa shape index (κ3) is 5.91. The van der Waals surface area contributed by atoms with E-state index in [4.69, 9.17) is 4.55 Å². The van der Waals surface area contributed by atoms with Crippen LogP contribution < -0.4 is 0 Å². The molecule has 0 amide bonds. The van der Waals surface area contributed by atoms with Crippen LogP contribution in [0.4, 0.5) is 0 Å². The molecule has 0 unspecified atom stereocenters. The second-order valence-electron chi connectivity index (χ2n) is 4.92. The first-order valence-electron chi connectivity index (χ1n) is 6.56. The largest absolute Gasteiger partial charge is 0.356 e. The molecule has 2 rings (SSSR count). The molecule has 0 bridgehead atoms. The molecule has 0 fully saturated rings. The molecule has 0 aliphatic carbocycles. The van der Waals surface area contributed by atoms with E-state index in [1.807, 2.05) is 0 Å². The van der Waals surface area contributed by atoms with Crippen LogP contribution in [0.2, 0.25) is 0 Å². The summed E-state index contributed by atoms with van der Waals surface area (Å²) in [6.07, 6.45) is 0.715. The zero-order chi connectivity index (χ0) is 17.7. The molecule has 2 aromatic carbocycles. The van der Waals surface area contributed by atoms with Crippen molar-refractivity contribution in [3.63, 3.8) is 0 Å².